The number of aromatic hydroxyl groups is 1. The van der Waals surface area contributed by atoms with Gasteiger partial charge in [0.1, 0.15) is 5.75 Å². The quantitative estimate of drug-likeness (QED) is 0.461. The van der Waals surface area contributed by atoms with Crippen molar-refractivity contribution in [2.75, 3.05) is 45.8 Å². The normalized spacial score (nSPS) is 22.4. The van der Waals surface area contributed by atoms with Gasteiger partial charge < -0.3 is 32.1 Å². The van der Waals surface area contributed by atoms with Gasteiger partial charge in [-0.15, -0.1) is 0 Å². The average Bonchev–Trinajstić information content (AvgIpc) is 2.57. The first-order chi connectivity index (χ1) is 11.3. The van der Waals surface area contributed by atoms with Gasteiger partial charge >= 0.3 is 0 Å². The highest BCUT2D eigenvalue weighted by atomic mass is 16.3. The predicted octanol–water partition coefficient (Wildman–Crippen LogP) is 0.0442. The Kier molecular flexibility index (Phi) is 8.35. The molecule has 0 saturated carbocycles. The summed E-state index contributed by atoms with van der Waals surface area (Å²) in [6, 6.07) is 5.78. The zero-order chi connectivity index (χ0) is 16.3. The van der Waals surface area contributed by atoms with Crippen molar-refractivity contribution in [3.8, 4) is 5.75 Å². The molecule has 1 aliphatic heterocycles. The lowest BCUT2D eigenvalue weighted by Crippen LogP contribution is -2.35. The maximum absolute atomic E-state index is 10.2. The van der Waals surface area contributed by atoms with E-state index in [-0.39, 0.29) is 6.04 Å². The molecule has 6 heteroatoms. The molecule has 130 valence electrons. The van der Waals surface area contributed by atoms with E-state index in [1.165, 1.54) is 0 Å². The molecular weight excluding hydrogens is 290 g/mol. The molecule has 0 aromatic heterocycles. The minimum absolute atomic E-state index is 0.131. The molecule has 0 radical (unpaired) electrons. The highest BCUT2D eigenvalue weighted by Gasteiger charge is 2.15. The van der Waals surface area contributed by atoms with Crippen molar-refractivity contribution in [1.82, 2.24) is 21.3 Å². The van der Waals surface area contributed by atoms with Crippen molar-refractivity contribution in [1.29, 1.82) is 0 Å². The second kappa shape index (κ2) is 10.6. The monoisotopic (exact) mass is 321 g/mol. The van der Waals surface area contributed by atoms with Gasteiger partial charge in [-0.25, -0.2) is 0 Å². The van der Waals surface area contributed by atoms with Crippen LogP contribution in [-0.4, -0.2) is 50.9 Å². The van der Waals surface area contributed by atoms with Crippen molar-refractivity contribution < 1.29 is 5.11 Å². The van der Waals surface area contributed by atoms with Gasteiger partial charge in [0, 0.05) is 44.3 Å². The third-order valence-electron chi connectivity index (χ3n) is 4.19. The van der Waals surface area contributed by atoms with Crippen molar-refractivity contribution in [2.24, 2.45) is 5.73 Å². The Bertz CT molecular complexity index is 441. The van der Waals surface area contributed by atoms with Gasteiger partial charge in [-0.3, -0.25) is 0 Å². The van der Waals surface area contributed by atoms with E-state index in [4.69, 9.17) is 5.73 Å². The molecule has 1 fully saturated rings. The van der Waals surface area contributed by atoms with Gasteiger partial charge in [-0.05, 0) is 50.2 Å². The largest absolute Gasteiger partial charge is 0.508 e. The number of nitrogens with one attached hydrogen (secondary N) is 4. The summed E-state index contributed by atoms with van der Waals surface area (Å²) in [6.07, 6.45) is 2.07. The summed E-state index contributed by atoms with van der Waals surface area (Å²) in [5, 5.41) is 24.1. The molecule has 2 rings (SSSR count). The van der Waals surface area contributed by atoms with Crippen LogP contribution in [0.5, 0.6) is 5.75 Å². The zero-order valence-electron chi connectivity index (χ0n) is 13.9. The molecule has 23 heavy (non-hydrogen) atoms. The average molecular weight is 321 g/mol. The van der Waals surface area contributed by atoms with Crippen LogP contribution in [0.2, 0.25) is 0 Å². The van der Waals surface area contributed by atoms with E-state index >= 15 is 0 Å². The first-order valence-corrected chi connectivity index (χ1v) is 8.68. The Morgan fingerprint density at radius 2 is 1.65 bits per heavy atom. The fourth-order valence-electron chi connectivity index (χ4n) is 2.85. The molecule has 1 heterocycles. The SMILES string of the molecule is NCc1ccc(O)c(C2CCNCCNCCCNCCN2)c1. The Hall–Kier alpha value is -1.18. The molecule has 1 unspecified atom stereocenters. The van der Waals surface area contributed by atoms with Crippen molar-refractivity contribution in [2.45, 2.75) is 25.4 Å². The molecule has 1 aliphatic rings. The smallest absolute Gasteiger partial charge is 0.120 e. The van der Waals surface area contributed by atoms with Gasteiger partial charge in [-0.1, -0.05) is 6.07 Å². The van der Waals surface area contributed by atoms with Crippen LogP contribution >= 0.6 is 0 Å². The standard InChI is InChI=1S/C17H31N5O/c18-13-14-2-3-17(23)15(12-14)16-4-7-21-9-8-19-5-1-6-20-10-11-22-16/h2-3,12,16,19-23H,1,4-11,13,18H2. The first kappa shape index (κ1) is 18.2. The maximum Gasteiger partial charge on any atom is 0.120 e. The number of phenols is 1. The highest BCUT2D eigenvalue weighted by Crippen LogP contribution is 2.27. The fourth-order valence-corrected chi connectivity index (χ4v) is 2.85. The van der Waals surface area contributed by atoms with E-state index in [2.05, 4.69) is 21.3 Å². The van der Waals surface area contributed by atoms with Gasteiger partial charge in [0.05, 0.1) is 0 Å². The Morgan fingerprint density at radius 3 is 2.39 bits per heavy atom. The first-order valence-electron chi connectivity index (χ1n) is 8.68. The van der Waals surface area contributed by atoms with Crippen LogP contribution in [0.1, 0.15) is 30.0 Å². The third kappa shape index (κ3) is 6.45. The molecule has 0 spiro atoms. The molecule has 6 nitrogen and oxygen atoms in total. The summed E-state index contributed by atoms with van der Waals surface area (Å²) >= 11 is 0. The van der Waals surface area contributed by atoms with Gasteiger partial charge in [-0.2, -0.15) is 0 Å². The number of benzene rings is 1. The van der Waals surface area contributed by atoms with Crippen LogP contribution in [0.3, 0.4) is 0 Å². The van der Waals surface area contributed by atoms with Crippen molar-refractivity contribution in [3.05, 3.63) is 29.3 Å². The van der Waals surface area contributed by atoms with Gasteiger partial charge in [0.15, 0.2) is 0 Å². The van der Waals surface area contributed by atoms with E-state index in [0.717, 1.165) is 69.8 Å². The highest BCUT2D eigenvalue weighted by molar-refractivity contribution is 5.38. The zero-order valence-corrected chi connectivity index (χ0v) is 13.9. The molecule has 1 aromatic carbocycles. The molecule has 7 N–H and O–H groups in total. The molecule has 1 atom stereocenters. The van der Waals surface area contributed by atoms with Crippen LogP contribution in [0, 0.1) is 0 Å². The van der Waals surface area contributed by atoms with Crippen molar-refractivity contribution >= 4 is 0 Å². The maximum atomic E-state index is 10.2. The Morgan fingerprint density at radius 1 is 0.957 bits per heavy atom. The van der Waals surface area contributed by atoms with Crippen LogP contribution in [-0.2, 0) is 6.54 Å². The van der Waals surface area contributed by atoms with E-state index in [1.807, 2.05) is 12.1 Å². The van der Waals surface area contributed by atoms with E-state index in [0.29, 0.717) is 12.3 Å². The number of hydrogen-bond acceptors (Lipinski definition) is 6. The summed E-state index contributed by atoms with van der Waals surface area (Å²) in [7, 11) is 0. The van der Waals surface area contributed by atoms with E-state index in [9.17, 15) is 5.11 Å². The number of nitrogens with two attached hydrogens (primary N) is 1. The van der Waals surface area contributed by atoms with Crippen LogP contribution in [0.15, 0.2) is 18.2 Å². The topological polar surface area (TPSA) is 94.4 Å². The Balaban J connectivity index is 2.00. The molecule has 0 amide bonds. The van der Waals surface area contributed by atoms with Crippen LogP contribution in [0.25, 0.3) is 0 Å². The number of hydrogen-bond donors (Lipinski definition) is 6. The van der Waals surface area contributed by atoms with Crippen molar-refractivity contribution in [3.63, 3.8) is 0 Å². The van der Waals surface area contributed by atoms with Crippen LogP contribution < -0.4 is 27.0 Å². The van der Waals surface area contributed by atoms with Gasteiger partial charge in [0.2, 0.25) is 0 Å². The van der Waals surface area contributed by atoms with Gasteiger partial charge in [0.25, 0.3) is 0 Å². The number of phenolic OH excluding ortho intramolecular Hbond substituents is 1. The fraction of sp³-hybridized carbons (Fsp3) is 0.647. The molecule has 1 aromatic rings. The van der Waals surface area contributed by atoms with E-state index in [1.54, 1.807) is 6.07 Å². The molecule has 0 aliphatic carbocycles. The molecular formula is C17H31N5O. The molecule has 0 bridgehead atoms. The second-order valence-corrected chi connectivity index (χ2v) is 6.00. The third-order valence-corrected chi connectivity index (χ3v) is 4.19. The lowest BCUT2D eigenvalue weighted by Gasteiger charge is -2.22. The number of rotatable bonds is 2. The van der Waals surface area contributed by atoms with E-state index < -0.39 is 0 Å². The predicted molar refractivity (Wildman–Crippen MR) is 94.6 cm³/mol. The summed E-state index contributed by atoms with van der Waals surface area (Å²) in [5.74, 6) is 0.343. The summed E-state index contributed by atoms with van der Waals surface area (Å²) in [4.78, 5) is 0. The summed E-state index contributed by atoms with van der Waals surface area (Å²) in [6.45, 7) is 7.27. The lowest BCUT2D eigenvalue weighted by molar-refractivity contribution is 0.425. The molecule has 1 saturated heterocycles. The van der Waals surface area contributed by atoms with Crippen LogP contribution in [0.4, 0.5) is 0 Å². The minimum atomic E-state index is 0.131. The second-order valence-electron chi connectivity index (χ2n) is 6.00. The summed E-state index contributed by atoms with van der Waals surface area (Å²) in [5.41, 5.74) is 7.73. The summed E-state index contributed by atoms with van der Waals surface area (Å²) < 4.78 is 0. The Labute approximate surface area is 139 Å². The lowest BCUT2D eigenvalue weighted by atomic mass is 9.99. The minimum Gasteiger partial charge on any atom is -0.508 e.